The number of rotatable bonds is 2. The molecule has 4 nitrogen and oxygen atoms in total. The second-order valence-corrected chi connectivity index (χ2v) is 9.08. The Morgan fingerprint density at radius 3 is 2.15 bits per heavy atom. The maximum absolute atomic E-state index is 12.7. The highest BCUT2D eigenvalue weighted by Gasteiger charge is 2.13. The summed E-state index contributed by atoms with van der Waals surface area (Å²) < 4.78 is 12.7. The standard InChI is InChI=1S/C8H6FN3S.C8H16.C3H9NS/c9-7-3-1-2-5(11-7)6-4-13-8(10)12-6;1-7-4-3-5-8(2)6-7;1-3(2)5-4/h1-4H,(H2,10,12);7-8H,3-6H2,1-2H3;3H,4H2,1-2H3. The number of nitrogens with two attached hydrogens (primary N) is 2. The molecule has 0 saturated heterocycles. The van der Waals surface area contributed by atoms with E-state index in [4.69, 9.17) is 10.9 Å². The fourth-order valence-electron chi connectivity index (χ4n) is 2.69. The van der Waals surface area contributed by atoms with Gasteiger partial charge in [-0.1, -0.05) is 65.0 Å². The second kappa shape index (κ2) is 12.3. The van der Waals surface area contributed by atoms with Crippen molar-refractivity contribution in [1.29, 1.82) is 0 Å². The van der Waals surface area contributed by atoms with Gasteiger partial charge in [-0.2, -0.15) is 4.39 Å². The molecule has 0 bridgehead atoms. The smallest absolute Gasteiger partial charge is 0.213 e. The van der Waals surface area contributed by atoms with Crippen molar-refractivity contribution in [2.45, 2.75) is 58.6 Å². The predicted octanol–water partition coefficient (Wildman–Crippen LogP) is 5.76. The lowest BCUT2D eigenvalue weighted by atomic mass is 9.84. The Hall–Kier alpha value is -1.18. The Morgan fingerprint density at radius 1 is 1.15 bits per heavy atom. The van der Waals surface area contributed by atoms with E-state index in [2.05, 4.69) is 37.7 Å². The average molecular weight is 399 g/mol. The van der Waals surface area contributed by atoms with Crippen LogP contribution in [0.5, 0.6) is 0 Å². The molecule has 2 aromatic rings. The fourth-order valence-corrected chi connectivity index (χ4v) is 3.25. The van der Waals surface area contributed by atoms with Gasteiger partial charge >= 0.3 is 0 Å². The van der Waals surface area contributed by atoms with Crippen molar-refractivity contribution in [3.8, 4) is 11.4 Å². The van der Waals surface area contributed by atoms with E-state index in [1.54, 1.807) is 17.5 Å². The predicted molar refractivity (Wildman–Crippen MR) is 113 cm³/mol. The minimum Gasteiger partial charge on any atom is -0.375 e. The van der Waals surface area contributed by atoms with Crippen LogP contribution in [0, 0.1) is 17.8 Å². The number of anilines is 1. The van der Waals surface area contributed by atoms with E-state index in [9.17, 15) is 4.39 Å². The highest BCUT2D eigenvalue weighted by molar-refractivity contribution is 7.97. The molecule has 146 valence electrons. The molecule has 0 aliphatic heterocycles. The number of aromatic nitrogens is 2. The molecule has 1 saturated carbocycles. The van der Waals surface area contributed by atoms with Crippen molar-refractivity contribution in [3.05, 3.63) is 29.5 Å². The monoisotopic (exact) mass is 398 g/mol. The van der Waals surface area contributed by atoms with Gasteiger partial charge in [0.2, 0.25) is 5.95 Å². The van der Waals surface area contributed by atoms with Gasteiger partial charge < -0.3 is 5.73 Å². The van der Waals surface area contributed by atoms with E-state index < -0.39 is 5.95 Å². The maximum atomic E-state index is 12.7. The van der Waals surface area contributed by atoms with Crippen molar-refractivity contribution >= 4 is 28.4 Å². The van der Waals surface area contributed by atoms with E-state index in [0.29, 0.717) is 21.8 Å². The number of nitrogen functional groups attached to an aromatic ring is 1. The summed E-state index contributed by atoms with van der Waals surface area (Å²) in [6, 6.07) is 4.57. The molecule has 0 radical (unpaired) electrons. The van der Waals surface area contributed by atoms with E-state index in [0.717, 1.165) is 11.8 Å². The second-order valence-electron chi connectivity index (χ2n) is 6.98. The number of pyridine rings is 1. The Labute approximate surface area is 165 Å². The Kier molecular flexibility index (Phi) is 10.8. The minimum atomic E-state index is -0.510. The first kappa shape index (κ1) is 22.9. The third-order valence-corrected chi connectivity index (χ3v) is 5.19. The van der Waals surface area contributed by atoms with Crippen molar-refractivity contribution in [3.63, 3.8) is 0 Å². The molecule has 0 spiro atoms. The van der Waals surface area contributed by atoms with Crippen LogP contribution in [0.25, 0.3) is 11.4 Å². The van der Waals surface area contributed by atoms with E-state index in [1.807, 2.05) is 0 Å². The molecular formula is C19H31FN4S2. The molecule has 2 aromatic heterocycles. The molecule has 3 rings (SSSR count). The average Bonchev–Trinajstić information content (AvgIpc) is 3.02. The molecule has 7 heteroatoms. The molecular weight excluding hydrogens is 367 g/mol. The van der Waals surface area contributed by atoms with Gasteiger partial charge in [-0.15, -0.1) is 11.3 Å². The van der Waals surface area contributed by atoms with Crippen LogP contribution in [-0.2, 0) is 0 Å². The first-order valence-corrected chi connectivity index (χ1v) is 10.8. The maximum Gasteiger partial charge on any atom is 0.213 e. The normalized spacial score (nSPS) is 19.2. The zero-order valence-corrected chi connectivity index (χ0v) is 17.7. The summed E-state index contributed by atoms with van der Waals surface area (Å²) in [5, 5.41) is 7.87. The number of hydrogen-bond acceptors (Lipinski definition) is 6. The summed E-state index contributed by atoms with van der Waals surface area (Å²) in [6.45, 7) is 8.86. The van der Waals surface area contributed by atoms with E-state index in [-0.39, 0.29) is 0 Å². The Bertz CT molecular complexity index is 626. The molecule has 1 fully saturated rings. The first-order valence-electron chi connectivity index (χ1n) is 9.01. The summed E-state index contributed by atoms with van der Waals surface area (Å²) >= 11 is 2.69. The number of nitrogens with zero attached hydrogens (tertiary/aromatic N) is 2. The highest BCUT2D eigenvalue weighted by Crippen LogP contribution is 2.27. The van der Waals surface area contributed by atoms with Gasteiger partial charge in [0.05, 0.1) is 5.69 Å². The quantitative estimate of drug-likeness (QED) is 0.496. The van der Waals surface area contributed by atoms with Gasteiger partial charge in [0.25, 0.3) is 0 Å². The number of thiazole rings is 1. The van der Waals surface area contributed by atoms with Crippen molar-refractivity contribution in [2.24, 2.45) is 17.0 Å². The van der Waals surface area contributed by atoms with Crippen LogP contribution in [0.1, 0.15) is 53.4 Å². The summed E-state index contributed by atoms with van der Waals surface area (Å²) in [5.74, 6) is 1.52. The lowest BCUT2D eigenvalue weighted by Gasteiger charge is -2.22. The summed E-state index contributed by atoms with van der Waals surface area (Å²) in [4.78, 5) is 7.67. The molecule has 1 aliphatic rings. The highest BCUT2D eigenvalue weighted by atomic mass is 32.2. The van der Waals surface area contributed by atoms with Crippen LogP contribution in [0.4, 0.5) is 9.52 Å². The van der Waals surface area contributed by atoms with Crippen molar-refractivity contribution < 1.29 is 4.39 Å². The Morgan fingerprint density at radius 2 is 1.77 bits per heavy atom. The number of hydrogen-bond donors (Lipinski definition) is 2. The molecule has 1 aliphatic carbocycles. The largest absolute Gasteiger partial charge is 0.375 e. The lowest BCUT2D eigenvalue weighted by molar-refractivity contribution is 0.301. The van der Waals surface area contributed by atoms with Crippen molar-refractivity contribution in [1.82, 2.24) is 9.97 Å². The van der Waals surface area contributed by atoms with Gasteiger partial charge in [0, 0.05) is 10.6 Å². The molecule has 2 unspecified atom stereocenters. The van der Waals surface area contributed by atoms with Crippen LogP contribution in [-0.4, -0.2) is 15.2 Å². The summed E-state index contributed by atoms with van der Waals surface area (Å²) in [6.07, 6.45) is 5.90. The van der Waals surface area contributed by atoms with Gasteiger partial charge in [-0.25, -0.2) is 9.97 Å². The Balaban J connectivity index is 0.000000223. The van der Waals surface area contributed by atoms with Gasteiger partial charge in [-0.05, 0) is 30.4 Å². The zero-order valence-electron chi connectivity index (χ0n) is 16.1. The molecule has 0 aromatic carbocycles. The summed E-state index contributed by atoms with van der Waals surface area (Å²) in [7, 11) is 0. The first-order chi connectivity index (χ1) is 12.3. The van der Waals surface area contributed by atoms with Crippen LogP contribution in [0.3, 0.4) is 0 Å². The zero-order chi connectivity index (χ0) is 19.5. The SMILES string of the molecule is CC(C)SN.CC1CCCC(C)C1.Nc1nc(-c2cccc(F)n2)cs1. The topological polar surface area (TPSA) is 77.8 Å². The molecule has 2 heterocycles. The van der Waals surface area contributed by atoms with E-state index in [1.165, 1.54) is 55.0 Å². The van der Waals surface area contributed by atoms with Gasteiger partial charge in [-0.3, -0.25) is 5.14 Å². The lowest BCUT2D eigenvalue weighted by Crippen LogP contribution is -2.09. The molecule has 26 heavy (non-hydrogen) atoms. The van der Waals surface area contributed by atoms with Crippen molar-refractivity contribution in [2.75, 3.05) is 5.73 Å². The number of halogens is 1. The van der Waals surface area contributed by atoms with Crippen LogP contribution < -0.4 is 10.9 Å². The summed E-state index contributed by atoms with van der Waals surface area (Å²) in [5.41, 5.74) is 6.56. The third-order valence-electron chi connectivity index (χ3n) is 3.97. The fraction of sp³-hybridized carbons (Fsp3) is 0.579. The third kappa shape index (κ3) is 9.50. The molecule has 4 N–H and O–H groups in total. The molecule has 0 amide bonds. The van der Waals surface area contributed by atoms with E-state index >= 15 is 0 Å². The van der Waals surface area contributed by atoms with Gasteiger partial charge in [0.1, 0.15) is 5.69 Å². The molecule has 2 atom stereocenters. The van der Waals surface area contributed by atoms with Crippen LogP contribution in [0.15, 0.2) is 23.6 Å². The van der Waals surface area contributed by atoms with Crippen LogP contribution >= 0.6 is 23.3 Å². The van der Waals surface area contributed by atoms with Gasteiger partial charge in [0.15, 0.2) is 5.13 Å². The minimum absolute atomic E-state index is 0.459. The van der Waals surface area contributed by atoms with Crippen LogP contribution in [0.2, 0.25) is 0 Å².